The Balaban J connectivity index is 1.05. The van der Waals surface area contributed by atoms with Crippen LogP contribution in [0.3, 0.4) is 0 Å². The molecule has 11 atom stereocenters. The van der Waals surface area contributed by atoms with Crippen molar-refractivity contribution >= 4 is 131 Å². The number of aliphatic hydroxyl groups is 2. The van der Waals surface area contributed by atoms with Gasteiger partial charge in [0, 0.05) is 61.8 Å². The summed E-state index contributed by atoms with van der Waals surface area (Å²) >= 11 is 1.27. The number of aliphatic carboxylic acids is 3. The molecule has 4 aliphatic heterocycles. The number of aromatic hydroxyl groups is 2. The lowest BCUT2D eigenvalue weighted by atomic mass is 9.95. The van der Waals surface area contributed by atoms with Crippen LogP contribution < -0.4 is 69.1 Å². The summed E-state index contributed by atoms with van der Waals surface area (Å²) in [7, 11) is 0. The summed E-state index contributed by atoms with van der Waals surface area (Å²) in [5.41, 5.74) is 6.48. The van der Waals surface area contributed by atoms with Crippen LogP contribution in [-0.2, 0) is 81.5 Å². The van der Waals surface area contributed by atoms with E-state index in [1.807, 2.05) is 0 Å². The number of carbonyl (C=O) groups is 17. The number of aliphatic imine (C=N–C) groups is 1. The molecule has 2 aromatic carbocycles. The monoisotopic (exact) mass is 1690 g/mol. The number of hydrogen-bond acceptors (Lipinski definition) is 27. The van der Waals surface area contributed by atoms with Crippen LogP contribution in [-0.4, -0.2) is 286 Å². The Morgan fingerprint density at radius 3 is 1.70 bits per heavy atom. The number of rotatable bonds is 54. The molecule has 6 rings (SSSR count). The molecule has 2 aromatic rings. The van der Waals surface area contributed by atoms with Crippen molar-refractivity contribution < 1.29 is 128 Å². The SMILES string of the molecule is CC1(C)S[C@@H]2[C@H](NC(=O)[C@H](NC(=O)CCCCCCCCC(=O)NCCCC[C@H](NC(=O)[C@H](CCCN(O)C=O)NC(=O)CNC(=O)[C@H](CCCCN)NC(=O)[C@H](CO)NC(=O)[C@@H]3CCN=C4C(NC(=O)CCC(=O)O)=Cc5cc(O)c(O)cc5N43)C(=O)N[C@@H](CCCN(O)C=O)C(=O)N[C@@H](CO)C(=O)O)c3ccccc3)C(=O)N2[C@H]1C(=O)O. The highest BCUT2D eigenvalue weighted by Crippen LogP contribution is 2.51. The van der Waals surface area contributed by atoms with Crippen LogP contribution in [0.15, 0.2) is 53.2 Å². The van der Waals surface area contributed by atoms with Crippen LogP contribution >= 0.6 is 11.8 Å². The molecule has 4 heterocycles. The maximum atomic E-state index is 14.5. The summed E-state index contributed by atoms with van der Waals surface area (Å²) in [6.45, 7) is -0.268. The number of nitrogens with zero attached hydrogens (tertiary/aromatic N) is 5. The first-order chi connectivity index (χ1) is 56.7. The third kappa shape index (κ3) is 29.2. The quantitative estimate of drug-likeness (QED) is 0.00774. The normalized spacial score (nSPS) is 17.8. The topological polar surface area (TPSA) is 656 Å². The fourth-order valence-corrected chi connectivity index (χ4v) is 15.2. The Morgan fingerprint density at radius 2 is 1.13 bits per heavy atom. The number of amidine groups is 1. The van der Waals surface area contributed by atoms with Gasteiger partial charge in [0.15, 0.2) is 17.3 Å². The van der Waals surface area contributed by atoms with Crippen LogP contribution in [0, 0.1) is 0 Å². The Labute approximate surface area is 687 Å². The number of amides is 14. The number of anilines is 1. The minimum atomic E-state index is -1.87. The number of β-lactam (4-membered cyclic amide) rings is 1. The minimum absolute atomic E-state index is 0.00959. The molecule has 0 aliphatic carbocycles. The van der Waals surface area contributed by atoms with Crippen LogP contribution in [0.4, 0.5) is 5.69 Å². The number of hydrogen-bond donors (Lipinski definition) is 21. The van der Waals surface area contributed by atoms with Crippen molar-refractivity contribution in [2.45, 2.75) is 219 Å². The number of carboxylic acid groups (broad SMARTS) is 3. The molecule has 43 nitrogen and oxygen atoms in total. The van der Waals surface area contributed by atoms with E-state index in [1.165, 1.54) is 27.6 Å². The van der Waals surface area contributed by atoms with Gasteiger partial charge in [-0.3, -0.25) is 87.3 Å². The van der Waals surface area contributed by atoms with Gasteiger partial charge in [-0.05, 0) is 122 Å². The van der Waals surface area contributed by atoms with E-state index in [0.717, 1.165) is 12.1 Å². The van der Waals surface area contributed by atoms with Crippen molar-refractivity contribution in [3.8, 4) is 11.5 Å². The molecule has 0 bridgehead atoms. The molecule has 0 radical (unpaired) electrons. The first-order valence-electron chi connectivity index (χ1n) is 39.0. The van der Waals surface area contributed by atoms with Crippen LogP contribution in [0.25, 0.3) is 6.08 Å². The fourth-order valence-electron chi connectivity index (χ4n) is 13.5. The molecule has 14 amide bonds. The lowest BCUT2D eigenvalue weighted by molar-refractivity contribution is -0.161. The molecule has 2 fully saturated rings. The summed E-state index contributed by atoms with van der Waals surface area (Å²) in [5.74, 6) is -15.3. The van der Waals surface area contributed by atoms with E-state index in [0.29, 0.717) is 50.5 Å². The summed E-state index contributed by atoms with van der Waals surface area (Å²) < 4.78 is -0.814. The van der Waals surface area contributed by atoms with Crippen molar-refractivity contribution in [2.24, 2.45) is 10.7 Å². The van der Waals surface area contributed by atoms with Crippen LogP contribution in [0.5, 0.6) is 11.5 Å². The predicted molar refractivity (Wildman–Crippen MR) is 420 cm³/mol. The zero-order valence-corrected chi connectivity index (χ0v) is 66.6. The van der Waals surface area contributed by atoms with E-state index in [-0.39, 0.29) is 155 Å². The largest absolute Gasteiger partial charge is 0.504 e. The fraction of sp³-hybridized carbons (Fsp3) is 0.573. The highest BCUT2D eigenvalue weighted by molar-refractivity contribution is 8.01. The second-order valence-electron chi connectivity index (χ2n) is 29.2. The number of carboxylic acids is 3. The zero-order valence-electron chi connectivity index (χ0n) is 65.8. The van der Waals surface area contributed by atoms with Gasteiger partial charge in [0.25, 0.3) is 0 Å². The van der Waals surface area contributed by atoms with Crippen molar-refractivity contribution in [2.75, 3.05) is 57.4 Å². The number of hydroxylamine groups is 4. The first kappa shape index (κ1) is 96.2. The molecule has 4 aliphatic rings. The van der Waals surface area contributed by atoms with Gasteiger partial charge >= 0.3 is 17.9 Å². The standard InChI is InChI=1S/C75H107N17O26S/c1-75(2)62(74(115)116)92-71(112)61(72(92)119-75)88-70(111)60(42-18-8-7-9-19-42)87-56(100)25-11-6-4-3-5-10-24-55(99)77-30-15-13-21-46(66(107)84-47(23-17-33-90(118)41-96)67(108)86-50(39-94)73(113)114)83-65(106)45(22-16-32-89(117)40-95)80-58(102)37-79-64(105)44(20-12-14-29-76)82-68(109)49(38-93)85-69(110)51-28-31-78-63-48(81-57(101)26-27-59(103)104)34-43-35-53(97)54(98)36-52(43)91(51)63/h7-9,18-19,34-36,40-41,44-47,49-51,60-62,72,93-94,97-98,117-118H,3-6,10-17,20-33,37-39,76H2,1-2H3,(H,77,99)(H,79,105)(H,80,102)(H,81,101)(H,82,109)(H,83,106)(H,84,107)(H,85,110)(H,86,108)(H,87,100)(H,88,111)(H,103,104)(H,113,114)(H,115,116)/t44-,45-,46-,47-,49-,50-,51-,60+,61+,62-,72+/m0/s1. The smallest absolute Gasteiger partial charge is 0.328 e. The maximum absolute atomic E-state index is 14.5. The van der Waals surface area contributed by atoms with E-state index < -0.39 is 204 Å². The maximum Gasteiger partial charge on any atom is 0.328 e. The number of aliphatic hydroxyl groups excluding tert-OH is 2. The van der Waals surface area contributed by atoms with Crippen molar-refractivity contribution in [3.63, 3.8) is 0 Å². The number of thioether (sulfide) groups is 1. The Kier molecular flexibility index (Phi) is 38.6. The number of carbonyl (C=O) groups excluding carboxylic acids is 14. The average molecular weight is 1690 g/mol. The molecule has 0 unspecified atom stereocenters. The van der Waals surface area contributed by atoms with Crippen LogP contribution in [0.2, 0.25) is 0 Å². The molecule has 0 aromatic heterocycles. The van der Waals surface area contributed by atoms with E-state index >= 15 is 0 Å². The van der Waals surface area contributed by atoms with Crippen molar-refractivity contribution in [1.82, 2.24) is 73.5 Å². The number of fused-ring (bicyclic) bond motifs is 4. The molecule has 22 N–H and O–H groups in total. The zero-order chi connectivity index (χ0) is 87.6. The number of phenolic OH excluding ortho intramolecular Hbond substituents is 2. The minimum Gasteiger partial charge on any atom is -0.504 e. The van der Waals surface area contributed by atoms with E-state index in [4.69, 9.17) is 10.8 Å². The molecular weight excluding hydrogens is 1590 g/mol. The van der Waals surface area contributed by atoms with Gasteiger partial charge in [-0.15, -0.1) is 11.8 Å². The molecular formula is C75H107N17O26S. The average Bonchev–Trinajstić information content (AvgIpc) is 1.57. The Bertz CT molecular complexity index is 4030. The third-order valence-electron chi connectivity index (χ3n) is 19.8. The number of unbranched alkanes of at least 4 members (excludes halogenated alkanes) is 7. The van der Waals surface area contributed by atoms with E-state index in [2.05, 4.69) is 63.5 Å². The van der Waals surface area contributed by atoms with Gasteiger partial charge in [-0.1, -0.05) is 56.0 Å². The molecule has 654 valence electrons. The van der Waals surface area contributed by atoms with Crippen LogP contribution in [0.1, 0.15) is 166 Å². The van der Waals surface area contributed by atoms with Crippen molar-refractivity contribution in [3.05, 3.63) is 59.3 Å². The summed E-state index contributed by atoms with van der Waals surface area (Å²) in [6, 6.07) is -3.87. The van der Waals surface area contributed by atoms with E-state index in [1.54, 1.807) is 44.2 Å². The molecule has 44 heteroatoms. The second kappa shape index (κ2) is 47.7. The predicted octanol–water partition coefficient (Wildman–Crippen LogP) is -3.21. The first-order valence-corrected chi connectivity index (χ1v) is 39.9. The molecule has 0 saturated carbocycles. The van der Waals surface area contributed by atoms with Gasteiger partial charge in [-0.25, -0.2) is 19.7 Å². The van der Waals surface area contributed by atoms with Gasteiger partial charge in [0.1, 0.15) is 65.8 Å². The Hall–Kier alpha value is -11.6. The van der Waals surface area contributed by atoms with Gasteiger partial charge in [0.2, 0.25) is 83.7 Å². The van der Waals surface area contributed by atoms with Gasteiger partial charge in [0.05, 0.1) is 37.6 Å². The van der Waals surface area contributed by atoms with Gasteiger partial charge in [-0.2, -0.15) is 0 Å². The van der Waals surface area contributed by atoms with Crippen molar-refractivity contribution in [1.29, 1.82) is 0 Å². The van der Waals surface area contributed by atoms with E-state index in [9.17, 15) is 123 Å². The highest BCUT2D eigenvalue weighted by Gasteiger charge is 2.64. The summed E-state index contributed by atoms with van der Waals surface area (Å²) in [6.07, 6.45) is 3.53. The molecule has 0 spiro atoms. The lowest BCUT2D eigenvalue weighted by Crippen LogP contribution is -2.71. The number of nitrogens with one attached hydrogen (secondary N) is 11. The summed E-state index contributed by atoms with van der Waals surface area (Å²) in [5, 5.41) is 117. The Morgan fingerprint density at radius 1 is 0.597 bits per heavy atom. The van der Waals surface area contributed by atoms with Gasteiger partial charge < -0.3 is 110 Å². The lowest BCUT2D eigenvalue weighted by Gasteiger charge is -2.44. The molecule has 119 heavy (non-hydrogen) atoms. The summed E-state index contributed by atoms with van der Waals surface area (Å²) in [4.78, 5) is 229. The third-order valence-corrected chi connectivity index (χ3v) is 21.4. The number of benzene rings is 2. The number of nitrogens with two attached hydrogens (primary N) is 1. The number of phenols is 2. The second-order valence-corrected chi connectivity index (χ2v) is 31.0. The molecule has 2 saturated heterocycles. The highest BCUT2D eigenvalue weighted by atomic mass is 32.2.